The highest BCUT2D eigenvalue weighted by Gasteiger charge is 2.37. The summed E-state index contributed by atoms with van der Waals surface area (Å²) in [7, 11) is -4.50. The van der Waals surface area contributed by atoms with E-state index in [4.69, 9.17) is 11.6 Å². The van der Waals surface area contributed by atoms with Gasteiger partial charge in [0.05, 0.1) is 10.5 Å². The number of alkyl halides is 3. The van der Waals surface area contributed by atoms with Crippen LogP contribution in [0.2, 0.25) is 5.15 Å². The van der Waals surface area contributed by atoms with Crippen molar-refractivity contribution < 1.29 is 21.6 Å². The van der Waals surface area contributed by atoms with Crippen molar-refractivity contribution in [2.75, 3.05) is 4.72 Å². The predicted octanol–water partition coefficient (Wildman–Crippen LogP) is 2.95. The minimum Gasteiger partial charge on any atom is -0.247 e. The summed E-state index contributed by atoms with van der Waals surface area (Å²) in [5.74, 6) is -0.417. The fourth-order valence-corrected chi connectivity index (χ4v) is 2.81. The average molecular weight is 338 g/mol. The topological polar surface area (TPSA) is 72.0 Å². The Morgan fingerprint density at radius 2 is 1.81 bits per heavy atom. The van der Waals surface area contributed by atoms with Crippen LogP contribution in [0, 0.1) is 0 Å². The lowest BCUT2D eigenvalue weighted by Gasteiger charge is -2.13. The first-order valence-electron chi connectivity index (χ1n) is 5.38. The van der Waals surface area contributed by atoms with Crippen LogP contribution in [0.5, 0.6) is 0 Å². The van der Waals surface area contributed by atoms with Crippen LogP contribution in [-0.2, 0) is 16.2 Å². The largest absolute Gasteiger partial charge is 0.417 e. The number of hydrogen-bond acceptors (Lipinski definition) is 4. The van der Waals surface area contributed by atoms with Gasteiger partial charge in [0.2, 0.25) is 5.95 Å². The van der Waals surface area contributed by atoms with E-state index in [-0.39, 0.29) is 5.15 Å². The molecule has 0 spiro atoms. The van der Waals surface area contributed by atoms with Gasteiger partial charge in [0.25, 0.3) is 10.0 Å². The van der Waals surface area contributed by atoms with Crippen molar-refractivity contribution in [3.63, 3.8) is 0 Å². The first kappa shape index (κ1) is 15.5. The average Bonchev–Trinajstić information content (AvgIpc) is 2.37. The van der Waals surface area contributed by atoms with Gasteiger partial charge in [-0.25, -0.2) is 23.1 Å². The Labute approximate surface area is 122 Å². The predicted molar refractivity (Wildman–Crippen MR) is 69.3 cm³/mol. The zero-order valence-corrected chi connectivity index (χ0v) is 11.7. The first-order chi connectivity index (χ1) is 9.70. The Kier molecular flexibility index (Phi) is 4.06. The van der Waals surface area contributed by atoms with Crippen LogP contribution in [0.15, 0.2) is 41.4 Å². The smallest absolute Gasteiger partial charge is 0.247 e. The molecule has 10 heteroatoms. The fraction of sp³-hybridized carbons (Fsp3) is 0.0909. The highest BCUT2D eigenvalue weighted by Crippen LogP contribution is 2.34. The van der Waals surface area contributed by atoms with Crippen molar-refractivity contribution in [1.82, 2.24) is 9.97 Å². The third kappa shape index (κ3) is 3.61. The second kappa shape index (κ2) is 5.49. The molecule has 112 valence electrons. The molecule has 0 radical (unpaired) electrons. The molecule has 0 amide bonds. The Bertz CT molecular complexity index is 765. The van der Waals surface area contributed by atoms with E-state index < -0.39 is 32.6 Å². The summed E-state index contributed by atoms with van der Waals surface area (Å²) in [5.41, 5.74) is -1.28. The third-order valence-electron chi connectivity index (χ3n) is 2.33. The molecule has 2 rings (SSSR count). The summed E-state index contributed by atoms with van der Waals surface area (Å²) in [5, 5.41) is -0.0493. The summed E-state index contributed by atoms with van der Waals surface area (Å²) in [6.45, 7) is 0. The maximum Gasteiger partial charge on any atom is 0.417 e. The highest BCUT2D eigenvalue weighted by molar-refractivity contribution is 7.92. The molecule has 0 aliphatic heterocycles. The summed E-state index contributed by atoms with van der Waals surface area (Å²) < 4.78 is 64.5. The number of anilines is 1. The molecule has 1 aromatic carbocycles. The molecule has 0 aliphatic carbocycles. The van der Waals surface area contributed by atoms with Crippen molar-refractivity contribution in [2.45, 2.75) is 11.1 Å². The number of nitrogens with zero attached hydrogens (tertiary/aromatic N) is 2. The van der Waals surface area contributed by atoms with Gasteiger partial charge in [-0.15, -0.1) is 0 Å². The highest BCUT2D eigenvalue weighted by atomic mass is 35.5. The number of nitrogens with one attached hydrogen (secondary N) is 1. The van der Waals surface area contributed by atoms with Gasteiger partial charge in [0, 0.05) is 6.20 Å². The SMILES string of the molecule is O=S(=O)(Nc1nccc(Cl)n1)c1ccccc1C(F)(F)F. The Balaban J connectivity index is 2.46. The summed E-state index contributed by atoms with van der Waals surface area (Å²) in [6.07, 6.45) is -3.64. The molecule has 0 bridgehead atoms. The second-order valence-electron chi connectivity index (χ2n) is 3.80. The number of hydrogen-bond donors (Lipinski definition) is 1. The van der Waals surface area contributed by atoms with E-state index >= 15 is 0 Å². The van der Waals surface area contributed by atoms with Crippen molar-refractivity contribution >= 4 is 27.6 Å². The Morgan fingerprint density at radius 3 is 2.43 bits per heavy atom. The van der Waals surface area contributed by atoms with E-state index in [9.17, 15) is 21.6 Å². The van der Waals surface area contributed by atoms with Crippen LogP contribution in [0.3, 0.4) is 0 Å². The van der Waals surface area contributed by atoms with Gasteiger partial charge in [-0.1, -0.05) is 23.7 Å². The number of aromatic nitrogens is 2. The van der Waals surface area contributed by atoms with E-state index in [2.05, 4.69) is 9.97 Å². The van der Waals surface area contributed by atoms with Gasteiger partial charge in [0.15, 0.2) is 0 Å². The third-order valence-corrected chi connectivity index (χ3v) is 3.93. The van der Waals surface area contributed by atoms with Gasteiger partial charge in [-0.05, 0) is 18.2 Å². The van der Waals surface area contributed by atoms with Crippen molar-refractivity contribution in [2.24, 2.45) is 0 Å². The van der Waals surface area contributed by atoms with Crippen molar-refractivity contribution in [1.29, 1.82) is 0 Å². The van der Waals surface area contributed by atoms with Crippen LogP contribution in [0.4, 0.5) is 19.1 Å². The van der Waals surface area contributed by atoms with Crippen LogP contribution in [0.25, 0.3) is 0 Å². The van der Waals surface area contributed by atoms with Crippen LogP contribution in [-0.4, -0.2) is 18.4 Å². The lowest BCUT2D eigenvalue weighted by Crippen LogP contribution is -2.20. The molecule has 2 aromatic rings. The quantitative estimate of drug-likeness (QED) is 0.874. The standard InChI is InChI=1S/C11H7ClF3N3O2S/c12-9-5-6-16-10(17-9)18-21(19,20)8-4-2-1-3-7(8)11(13,14)15/h1-6H,(H,16,17,18). The van der Waals surface area contributed by atoms with E-state index in [0.29, 0.717) is 6.07 Å². The Hall–Kier alpha value is -1.87. The first-order valence-corrected chi connectivity index (χ1v) is 7.24. The summed E-state index contributed by atoms with van der Waals surface area (Å²) >= 11 is 5.56. The summed E-state index contributed by atoms with van der Waals surface area (Å²) in [6, 6.07) is 5.09. The number of halogens is 4. The Morgan fingerprint density at radius 1 is 1.14 bits per heavy atom. The minimum absolute atomic E-state index is 0.0493. The molecule has 0 aliphatic rings. The van der Waals surface area contributed by atoms with Crippen LogP contribution in [0.1, 0.15) is 5.56 Å². The number of rotatable bonds is 3. The normalized spacial score (nSPS) is 12.2. The molecular formula is C11H7ClF3N3O2S. The molecule has 0 unspecified atom stereocenters. The number of benzene rings is 1. The van der Waals surface area contributed by atoms with Crippen molar-refractivity contribution in [3.8, 4) is 0 Å². The molecule has 5 nitrogen and oxygen atoms in total. The zero-order valence-electron chi connectivity index (χ0n) is 10.1. The maximum absolute atomic E-state index is 12.8. The lowest BCUT2D eigenvalue weighted by atomic mass is 10.2. The molecule has 0 atom stereocenters. The van der Waals surface area contributed by atoms with Crippen LogP contribution >= 0.6 is 11.6 Å². The van der Waals surface area contributed by atoms with Gasteiger partial charge in [0.1, 0.15) is 5.15 Å². The molecule has 0 saturated carbocycles. The summed E-state index contributed by atoms with van der Waals surface area (Å²) in [4.78, 5) is 6.22. The van der Waals surface area contributed by atoms with Crippen molar-refractivity contribution in [3.05, 3.63) is 47.2 Å². The molecule has 0 saturated heterocycles. The maximum atomic E-state index is 12.8. The number of sulfonamides is 1. The van der Waals surface area contributed by atoms with E-state index in [1.807, 2.05) is 4.72 Å². The van der Waals surface area contributed by atoms with Gasteiger partial charge < -0.3 is 0 Å². The van der Waals surface area contributed by atoms with Gasteiger partial charge >= 0.3 is 6.18 Å². The zero-order chi connectivity index (χ0) is 15.7. The van der Waals surface area contributed by atoms with E-state index in [1.54, 1.807) is 0 Å². The van der Waals surface area contributed by atoms with Gasteiger partial charge in [-0.3, -0.25) is 0 Å². The van der Waals surface area contributed by atoms with E-state index in [1.165, 1.54) is 18.3 Å². The minimum atomic E-state index is -4.81. The fourth-order valence-electron chi connectivity index (χ4n) is 1.50. The molecule has 1 heterocycles. The monoisotopic (exact) mass is 337 g/mol. The van der Waals surface area contributed by atoms with Gasteiger partial charge in [-0.2, -0.15) is 13.2 Å². The molecular weight excluding hydrogens is 331 g/mol. The lowest BCUT2D eigenvalue weighted by molar-refractivity contribution is -0.139. The molecule has 0 fully saturated rings. The van der Waals surface area contributed by atoms with Crippen LogP contribution < -0.4 is 4.72 Å². The molecule has 1 aromatic heterocycles. The van der Waals surface area contributed by atoms with E-state index in [0.717, 1.165) is 12.1 Å². The molecule has 1 N–H and O–H groups in total. The second-order valence-corrected chi connectivity index (χ2v) is 5.84. The molecule has 21 heavy (non-hydrogen) atoms.